The smallest absolute Gasteiger partial charge is 0.277 e. The summed E-state index contributed by atoms with van der Waals surface area (Å²) in [6, 6.07) is 27.6. The lowest BCUT2D eigenvalue weighted by Crippen LogP contribution is -2.40. The van der Waals surface area contributed by atoms with E-state index < -0.39 is 43.8 Å². The highest BCUT2D eigenvalue weighted by molar-refractivity contribution is 8.77. The van der Waals surface area contributed by atoms with Crippen LogP contribution in [0.25, 0.3) is 0 Å². The second-order valence-corrected chi connectivity index (χ2v) is 27.2. The van der Waals surface area contributed by atoms with Crippen LogP contribution in [0.5, 0.6) is 17.2 Å². The maximum absolute atomic E-state index is 14.2. The molecule has 20 heteroatoms. The van der Waals surface area contributed by atoms with Crippen molar-refractivity contribution in [2.24, 2.45) is 10.9 Å². The van der Waals surface area contributed by atoms with E-state index in [1.165, 1.54) is 28.7 Å². The SMILES string of the molecule is CCC(=O)C(CCSSC(C)(C)CCC(=O)N[C@@H](C)C(=O)C[C@@H](C)C(=O)Nc1cc(COc2cc3c(cc2C)C(=O)N2c4ccccc4C[C@H]2C=N3)cc(COc2cc3c(cc2OC)C(=O)N2c4ccccc4C[C@H]2CC3)c1)S(=O)(=O)OC. The number of carbonyl (C=O) groups is 6. The molecular formula is C63H71N5O12S3. The van der Waals surface area contributed by atoms with Gasteiger partial charge in [0.15, 0.2) is 23.1 Å². The molecule has 0 bridgehead atoms. The van der Waals surface area contributed by atoms with Gasteiger partial charge >= 0.3 is 0 Å². The van der Waals surface area contributed by atoms with Gasteiger partial charge in [0, 0.05) is 83.0 Å². The second-order valence-electron chi connectivity index (χ2n) is 22.2. The fraction of sp³-hybridized carbons (Fsp3) is 0.413. The lowest BCUT2D eigenvalue weighted by molar-refractivity contribution is -0.129. The molecule has 0 radical (unpaired) electrons. The molecule has 0 fully saturated rings. The van der Waals surface area contributed by atoms with Crippen LogP contribution in [-0.2, 0) is 66.0 Å². The minimum atomic E-state index is -4.01. The van der Waals surface area contributed by atoms with Crippen molar-refractivity contribution in [3.63, 3.8) is 0 Å². The van der Waals surface area contributed by atoms with Crippen molar-refractivity contribution in [2.45, 2.75) is 141 Å². The summed E-state index contributed by atoms with van der Waals surface area (Å²) in [6.45, 7) is 10.8. The fourth-order valence-electron chi connectivity index (χ4n) is 11.1. The molecule has 0 aromatic heterocycles. The van der Waals surface area contributed by atoms with Gasteiger partial charge in [0.2, 0.25) is 11.8 Å². The summed E-state index contributed by atoms with van der Waals surface area (Å²) in [5.74, 6) is -0.708. The van der Waals surface area contributed by atoms with Gasteiger partial charge in [-0.05, 0) is 142 Å². The van der Waals surface area contributed by atoms with E-state index in [-0.39, 0.29) is 74.5 Å². The molecule has 0 spiro atoms. The van der Waals surface area contributed by atoms with E-state index in [2.05, 4.69) is 20.9 Å². The Kier molecular flexibility index (Phi) is 18.9. The standard InChI is InChI=1S/C63H71N5O12S3/c1-9-53(69)58(83(75,76)78-8)21-23-81-82-63(5,6)22-20-59(71)65-39(4)54(70)25-38(3)60(72)66-45-27-40(35-79-55-33-50-49(24-37(55)2)62(74)68-47(34-64-50)30-44-15-11-13-17-52(44)68)26-41(28-45)36-80-57-31-42-18-19-46-29-43-14-10-12-16-51(43)67(46)61(73)48(42)32-56(57)77-7/h10-17,24,26-28,31-34,38-39,46-47,58H,9,18-23,25,29-30,35-36H2,1-8H3,(H,65,71)(H,66,72)/t38-,39+,46-,47+,58?/m1/s1. The van der Waals surface area contributed by atoms with E-state index in [0.29, 0.717) is 75.9 Å². The number of anilines is 3. The van der Waals surface area contributed by atoms with Crippen LogP contribution in [0.15, 0.2) is 96.0 Å². The van der Waals surface area contributed by atoms with Crippen LogP contribution >= 0.6 is 21.6 Å². The van der Waals surface area contributed by atoms with Crippen LogP contribution in [0.2, 0.25) is 0 Å². The maximum atomic E-state index is 14.2. The van der Waals surface area contributed by atoms with Crippen LogP contribution in [0.1, 0.15) is 127 Å². The largest absolute Gasteiger partial charge is 0.493 e. The Morgan fingerprint density at radius 1 is 0.795 bits per heavy atom. The van der Waals surface area contributed by atoms with Crippen molar-refractivity contribution in [1.82, 2.24) is 5.32 Å². The fourth-order valence-corrected chi connectivity index (χ4v) is 15.0. The number of aryl methyl sites for hydroxylation is 2. The molecule has 5 aromatic carbocycles. The molecule has 5 aromatic rings. The Morgan fingerprint density at radius 2 is 1.46 bits per heavy atom. The van der Waals surface area contributed by atoms with Crippen molar-refractivity contribution in [3.05, 3.63) is 136 Å². The number of ether oxygens (including phenoxy) is 3. The quantitative estimate of drug-likeness (QED) is 0.0316. The Balaban J connectivity index is 0.863. The van der Waals surface area contributed by atoms with Crippen LogP contribution in [0.4, 0.5) is 22.7 Å². The summed E-state index contributed by atoms with van der Waals surface area (Å²) >= 11 is 0. The number of benzene rings is 5. The number of rotatable bonds is 25. The summed E-state index contributed by atoms with van der Waals surface area (Å²) in [5.41, 5.74) is 9.00. The maximum Gasteiger partial charge on any atom is 0.277 e. The predicted octanol–water partition coefficient (Wildman–Crippen LogP) is 10.7. The summed E-state index contributed by atoms with van der Waals surface area (Å²) in [7, 11) is 1.48. The number of methoxy groups -OCH3 is 1. The van der Waals surface area contributed by atoms with Gasteiger partial charge in [-0.3, -0.25) is 42.8 Å². The predicted molar refractivity (Wildman–Crippen MR) is 325 cm³/mol. The molecule has 4 heterocycles. The highest BCUT2D eigenvalue weighted by atomic mass is 33.1. The monoisotopic (exact) mass is 1190 g/mol. The zero-order valence-electron chi connectivity index (χ0n) is 48.1. The van der Waals surface area contributed by atoms with E-state index >= 15 is 0 Å². The third kappa shape index (κ3) is 13.8. The first-order valence-corrected chi connectivity index (χ1v) is 31.8. The molecule has 17 nitrogen and oxygen atoms in total. The third-order valence-electron chi connectivity index (χ3n) is 15.7. The number of carbonyl (C=O) groups excluding carboxylic acids is 6. The number of hydrogen-bond donors (Lipinski definition) is 2. The molecule has 2 N–H and O–H groups in total. The third-order valence-corrected chi connectivity index (χ3v) is 20.8. The molecule has 4 amide bonds. The van der Waals surface area contributed by atoms with Crippen LogP contribution < -0.4 is 34.6 Å². The summed E-state index contributed by atoms with van der Waals surface area (Å²) in [5, 5.41) is 4.56. The lowest BCUT2D eigenvalue weighted by atomic mass is 9.99. The number of amides is 4. The zero-order chi connectivity index (χ0) is 59.3. The van der Waals surface area contributed by atoms with E-state index in [9.17, 15) is 37.2 Å². The number of hydrogen-bond acceptors (Lipinski definition) is 15. The highest BCUT2D eigenvalue weighted by Crippen LogP contribution is 2.43. The molecule has 9 rings (SSSR count). The van der Waals surface area contributed by atoms with Crippen LogP contribution in [-0.4, -0.2) is 97.9 Å². The highest BCUT2D eigenvalue weighted by Gasteiger charge is 2.39. The van der Waals surface area contributed by atoms with Gasteiger partial charge < -0.3 is 29.7 Å². The number of aliphatic imine (C=N–C) groups is 1. The van der Waals surface area contributed by atoms with Gasteiger partial charge in [0.05, 0.1) is 37.6 Å². The van der Waals surface area contributed by atoms with Crippen LogP contribution in [0.3, 0.4) is 0 Å². The number of para-hydroxylation sites is 2. The second kappa shape index (κ2) is 25.9. The van der Waals surface area contributed by atoms with Crippen molar-refractivity contribution >= 4 is 95.9 Å². The minimum Gasteiger partial charge on any atom is -0.493 e. The number of Topliss-reactive ketones (excluding diaryl/α,β-unsaturated/α-hetero) is 2. The Labute approximate surface area is 493 Å². The molecule has 83 heavy (non-hydrogen) atoms. The molecule has 5 atom stereocenters. The number of fused-ring (bicyclic) bond motifs is 8. The molecule has 1 unspecified atom stereocenters. The van der Waals surface area contributed by atoms with Gasteiger partial charge in [-0.15, -0.1) is 0 Å². The van der Waals surface area contributed by atoms with E-state index in [1.807, 2.05) is 92.5 Å². The first-order chi connectivity index (χ1) is 39.7. The minimum absolute atomic E-state index is 0.0420. The van der Waals surface area contributed by atoms with Gasteiger partial charge in [-0.2, -0.15) is 8.42 Å². The Morgan fingerprint density at radius 3 is 2.14 bits per heavy atom. The topological polar surface area (TPSA) is 216 Å². The van der Waals surface area contributed by atoms with E-state index in [1.54, 1.807) is 49.9 Å². The summed E-state index contributed by atoms with van der Waals surface area (Å²) in [6.07, 6.45) is 5.34. The zero-order valence-corrected chi connectivity index (χ0v) is 50.5. The lowest BCUT2D eigenvalue weighted by Gasteiger charge is -2.24. The average Bonchev–Trinajstić information content (AvgIpc) is 2.80. The average molecular weight is 1190 g/mol. The van der Waals surface area contributed by atoms with E-state index in [0.717, 1.165) is 53.6 Å². The molecule has 438 valence electrons. The number of nitrogens with one attached hydrogen (secondary N) is 2. The van der Waals surface area contributed by atoms with Crippen molar-refractivity contribution < 1.29 is 55.6 Å². The first kappa shape index (κ1) is 60.6. The summed E-state index contributed by atoms with van der Waals surface area (Å²) in [4.78, 5) is 89.8. The van der Waals surface area contributed by atoms with Gasteiger partial charge in [0.25, 0.3) is 21.9 Å². The van der Waals surface area contributed by atoms with E-state index in [4.69, 9.17) is 19.2 Å². The molecule has 0 saturated heterocycles. The molecule has 0 aliphatic carbocycles. The normalized spacial score (nSPS) is 17.1. The number of ketones is 2. The van der Waals surface area contributed by atoms with Crippen molar-refractivity contribution in [1.29, 1.82) is 0 Å². The molecular weight excluding hydrogens is 1110 g/mol. The van der Waals surface area contributed by atoms with Gasteiger partial charge in [0.1, 0.15) is 24.2 Å². The van der Waals surface area contributed by atoms with Crippen molar-refractivity contribution in [3.8, 4) is 17.2 Å². The Hall–Kier alpha value is -7.00. The first-order valence-electron chi connectivity index (χ1n) is 28.0. The van der Waals surface area contributed by atoms with Gasteiger partial charge in [-0.25, -0.2) is 0 Å². The Bertz CT molecular complexity index is 3490. The molecule has 4 aliphatic heterocycles. The van der Waals surface area contributed by atoms with Gasteiger partial charge in [-0.1, -0.05) is 71.8 Å². The molecule has 0 saturated carbocycles. The number of nitrogens with zero attached hydrogens (tertiary/aromatic N) is 3. The van der Waals surface area contributed by atoms with Crippen molar-refractivity contribution in [2.75, 3.05) is 35.1 Å². The summed E-state index contributed by atoms with van der Waals surface area (Å²) < 4.78 is 47.7. The molecule has 4 aliphatic rings. The van der Waals surface area contributed by atoms with Crippen LogP contribution in [0, 0.1) is 12.8 Å².